The highest BCUT2D eigenvalue weighted by atomic mass is 35.5. The number of amides is 1. The minimum absolute atomic E-state index is 0.0150. The molecule has 2 aromatic carbocycles. The summed E-state index contributed by atoms with van der Waals surface area (Å²) in [4.78, 5) is 39.2. The third-order valence-corrected chi connectivity index (χ3v) is 9.49. The molecule has 2 aliphatic rings. The maximum absolute atomic E-state index is 12.2. The number of carbonyl (C=O) groups is 3. The largest absolute Gasteiger partial charge is 0.491 e. The second-order valence-electron chi connectivity index (χ2n) is 12.5. The number of aryl methyl sites for hydroxylation is 1. The molecule has 1 amide bonds. The van der Waals surface area contributed by atoms with Crippen LogP contribution >= 0.6 is 11.6 Å². The van der Waals surface area contributed by atoms with Crippen LogP contribution in [0.2, 0.25) is 5.02 Å². The fourth-order valence-electron chi connectivity index (χ4n) is 6.43. The number of fused-ring (bicyclic) bond motifs is 1. The van der Waals surface area contributed by atoms with Crippen molar-refractivity contribution in [2.75, 3.05) is 51.9 Å². The summed E-state index contributed by atoms with van der Waals surface area (Å²) < 4.78 is 17.1. The monoisotopic (exact) mass is 670 g/mol. The quantitative estimate of drug-likeness (QED) is 0.189. The van der Waals surface area contributed by atoms with E-state index in [1.54, 1.807) is 30.1 Å². The Kier molecular flexibility index (Phi) is 13.1. The van der Waals surface area contributed by atoms with E-state index in [1.807, 2.05) is 24.3 Å². The van der Waals surface area contributed by atoms with Crippen molar-refractivity contribution in [1.29, 1.82) is 0 Å². The molecule has 0 bridgehead atoms. The first-order valence-corrected chi connectivity index (χ1v) is 16.7. The van der Waals surface area contributed by atoms with Gasteiger partial charge in [-0.3, -0.25) is 4.79 Å². The Labute approximate surface area is 282 Å². The van der Waals surface area contributed by atoms with E-state index in [0.717, 1.165) is 31.4 Å². The van der Waals surface area contributed by atoms with Crippen LogP contribution in [0.1, 0.15) is 68.2 Å². The molecule has 1 aliphatic carbocycles. The Morgan fingerprint density at radius 3 is 2.64 bits per heavy atom. The number of esters is 1. The molecule has 2 aromatic rings. The molecular weight excluding hydrogens is 624 g/mol. The van der Waals surface area contributed by atoms with E-state index in [0.29, 0.717) is 49.0 Å². The summed E-state index contributed by atoms with van der Waals surface area (Å²) in [5, 5.41) is 20.8. The molecule has 10 nitrogen and oxygen atoms in total. The third-order valence-electron chi connectivity index (χ3n) is 9.26. The number of aliphatic carboxylic acids is 1. The second kappa shape index (κ2) is 17.0. The number of anilines is 1. The smallest absolute Gasteiger partial charge is 0.339 e. The van der Waals surface area contributed by atoms with Crippen LogP contribution in [0.15, 0.2) is 48.6 Å². The van der Waals surface area contributed by atoms with Gasteiger partial charge < -0.3 is 34.2 Å². The molecule has 4 rings (SSSR count). The summed E-state index contributed by atoms with van der Waals surface area (Å²) in [5.74, 6) is -0.850. The summed E-state index contributed by atoms with van der Waals surface area (Å²) in [6.07, 6.45) is 6.37. The number of benzene rings is 2. The third kappa shape index (κ3) is 9.49. The van der Waals surface area contributed by atoms with Crippen molar-refractivity contribution in [3.05, 3.63) is 70.3 Å². The molecule has 5 atom stereocenters. The van der Waals surface area contributed by atoms with Crippen LogP contribution in [0, 0.1) is 11.8 Å². The maximum Gasteiger partial charge on any atom is 0.339 e. The number of carbonyl (C=O) groups excluding carboxylic acids is 2. The van der Waals surface area contributed by atoms with E-state index in [-0.39, 0.29) is 23.7 Å². The highest BCUT2D eigenvalue weighted by Crippen LogP contribution is 2.43. The van der Waals surface area contributed by atoms with Crippen LogP contribution in [0.25, 0.3) is 0 Å². The van der Waals surface area contributed by atoms with Gasteiger partial charge in [0.25, 0.3) is 0 Å². The predicted octanol–water partition coefficient (Wildman–Crippen LogP) is 5.40. The lowest BCUT2D eigenvalue weighted by Crippen LogP contribution is -2.45. The van der Waals surface area contributed by atoms with E-state index in [9.17, 15) is 24.6 Å². The zero-order chi connectivity index (χ0) is 34.1. The lowest BCUT2D eigenvalue weighted by atomic mass is 9.70. The van der Waals surface area contributed by atoms with Crippen molar-refractivity contribution in [3.63, 3.8) is 0 Å². The Hall–Kier alpha value is -3.60. The van der Waals surface area contributed by atoms with Gasteiger partial charge in [-0.05, 0) is 78.5 Å². The van der Waals surface area contributed by atoms with E-state index >= 15 is 0 Å². The van der Waals surface area contributed by atoms with E-state index in [1.165, 1.54) is 25.2 Å². The number of aliphatic hydroxyl groups is 1. The molecular formula is C36H47ClN2O8. The highest BCUT2D eigenvalue weighted by Gasteiger charge is 2.39. The second-order valence-corrected chi connectivity index (χ2v) is 12.9. The van der Waals surface area contributed by atoms with Crippen LogP contribution in [0.5, 0.6) is 5.75 Å². The first-order valence-electron chi connectivity index (χ1n) is 16.3. The van der Waals surface area contributed by atoms with E-state index < -0.39 is 30.8 Å². The van der Waals surface area contributed by atoms with Crippen molar-refractivity contribution in [2.45, 2.75) is 64.1 Å². The predicted molar refractivity (Wildman–Crippen MR) is 180 cm³/mol. The van der Waals surface area contributed by atoms with Crippen molar-refractivity contribution < 1.29 is 38.8 Å². The first-order chi connectivity index (χ1) is 22.5. The topological polar surface area (TPSA) is 126 Å². The van der Waals surface area contributed by atoms with Gasteiger partial charge in [0, 0.05) is 44.5 Å². The number of halogens is 1. The molecule has 1 heterocycles. The van der Waals surface area contributed by atoms with Crippen molar-refractivity contribution in [1.82, 2.24) is 4.90 Å². The average Bonchev–Trinajstić information content (AvgIpc) is 3.21. The van der Waals surface area contributed by atoms with Gasteiger partial charge in [-0.1, -0.05) is 49.2 Å². The van der Waals surface area contributed by atoms with Gasteiger partial charge in [-0.15, -0.1) is 0 Å². The first kappa shape index (κ1) is 36.2. The zero-order valence-electron chi connectivity index (χ0n) is 27.7. The SMILES string of the molecule is CCCc1cc(Cl)ccc1C1COc2ccc(C(O)C(=O)OC)cc2N(CC2CCC2C(/C=C/CCN(C)C(C)=O)OCC(=O)O)C1. The number of hydrogen-bond donors (Lipinski definition) is 2. The molecule has 1 fully saturated rings. The number of rotatable bonds is 15. The lowest BCUT2D eigenvalue weighted by Gasteiger charge is -2.44. The van der Waals surface area contributed by atoms with E-state index in [2.05, 4.69) is 17.9 Å². The van der Waals surface area contributed by atoms with Crippen LogP contribution in [0.3, 0.4) is 0 Å². The van der Waals surface area contributed by atoms with Crippen LogP contribution in [-0.4, -0.2) is 86.1 Å². The van der Waals surface area contributed by atoms with Gasteiger partial charge in [0.2, 0.25) is 5.91 Å². The summed E-state index contributed by atoms with van der Waals surface area (Å²) in [5.41, 5.74) is 3.54. The number of aliphatic hydroxyl groups excluding tert-OH is 1. The molecule has 47 heavy (non-hydrogen) atoms. The summed E-state index contributed by atoms with van der Waals surface area (Å²) >= 11 is 6.40. The number of nitrogens with zero attached hydrogens (tertiary/aromatic N) is 2. The van der Waals surface area contributed by atoms with Crippen molar-refractivity contribution >= 4 is 35.1 Å². The van der Waals surface area contributed by atoms with Crippen LogP contribution < -0.4 is 9.64 Å². The molecule has 0 saturated heterocycles. The number of hydrogen-bond acceptors (Lipinski definition) is 8. The standard InChI is InChI=1S/C36H47ClN2O8/c1-5-8-24-17-28(37)12-14-29(24)27-20-39(31-18-25(35(43)36(44)45-4)11-15-33(31)46-21-27)19-26-10-13-30(26)32(47-22-34(41)42)9-6-7-16-38(3)23(2)40/h6,9,11-12,14-15,17-18,26-27,30,32,35,43H,5,7-8,10,13,16,19-22H2,1-4H3,(H,41,42)/b9-6+. The molecule has 2 N–H and O–H groups in total. The molecule has 256 valence electrons. The molecule has 0 radical (unpaired) electrons. The molecule has 5 unspecified atom stereocenters. The number of carboxylic acids is 1. The van der Waals surface area contributed by atoms with Gasteiger partial charge in [0.05, 0.1) is 25.5 Å². The number of carboxylic acid groups (broad SMARTS) is 1. The van der Waals surface area contributed by atoms with Crippen LogP contribution in [-0.2, 0) is 30.3 Å². The summed E-state index contributed by atoms with van der Waals surface area (Å²) in [6.45, 7) is 5.52. The lowest BCUT2D eigenvalue weighted by molar-refractivity contribution is -0.150. The Bertz CT molecular complexity index is 1430. The minimum atomic E-state index is -1.43. The number of methoxy groups -OCH3 is 1. The van der Waals surface area contributed by atoms with Gasteiger partial charge in [-0.2, -0.15) is 0 Å². The molecule has 0 aromatic heterocycles. The minimum Gasteiger partial charge on any atom is -0.491 e. The molecule has 1 aliphatic heterocycles. The van der Waals surface area contributed by atoms with Gasteiger partial charge in [0.1, 0.15) is 12.4 Å². The Balaban J connectivity index is 1.63. The highest BCUT2D eigenvalue weighted by molar-refractivity contribution is 6.30. The van der Waals surface area contributed by atoms with Crippen LogP contribution in [0.4, 0.5) is 5.69 Å². The summed E-state index contributed by atoms with van der Waals surface area (Å²) in [6, 6.07) is 11.3. The maximum atomic E-state index is 12.2. The normalized spacial score (nSPS) is 20.4. The van der Waals surface area contributed by atoms with Crippen molar-refractivity contribution in [2.24, 2.45) is 11.8 Å². The fourth-order valence-corrected chi connectivity index (χ4v) is 6.63. The molecule has 1 saturated carbocycles. The average molecular weight is 671 g/mol. The van der Waals surface area contributed by atoms with Gasteiger partial charge in [-0.25, -0.2) is 9.59 Å². The fraction of sp³-hybridized carbons (Fsp3) is 0.528. The Morgan fingerprint density at radius 2 is 1.98 bits per heavy atom. The molecule has 11 heteroatoms. The molecule has 0 spiro atoms. The number of ether oxygens (including phenoxy) is 3. The van der Waals surface area contributed by atoms with Gasteiger partial charge in [0.15, 0.2) is 6.10 Å². The Morgan fingerprint density at radius 1 is 1.19 bits per heavy atom. The van der Waals surface area contributed by atoms with Gasteiger partial charge >= 0.3 is 11.9 Å². The van der Waals surface area contributed by atoms with Crippen molar-refractivity contribution in [3.8, 4) is 5.75 Å². The summed E-state index contributed by atoms with van der Waals surface area (Å²) in [7, 11) is 2.99. The van der Waals surface area contributed by atoms with E-state index in [4.69, 9.17) is 25.8 Å². The zero-order valence-corrected chi connectivity index (χ0v) is 28.4.